The van der Waals surface area contributed by atoms with Gasteiger partial charge in [-0.1, -0.05) is 26.0 Å². The summed E-state index contributed by atoms with van der Waals surface area (Å²) >= 11 is 1.42. The molecule has 1 N–H and O–H groups in total. The third-order valence-electron chi connectivity index (χ3n) is 5.54. The standard InChI is InChI=1S/C23H30N2O4S/c1-15(2)9-10-24-22(26)19-14-25(23(27)21-6-5-11-30-21)13-18(19)17-8-7-16(28-3)12-20(17)29-4/h5-8,11-12,15,18-19H,9-10,13-14H2,1-4H3,(H,24,26)/t18-,19-/m0/s1. The van der Waals surface area contributed by atoms with Crippen molar-refractivity contribution in [2.24, 2.45) is 11.8 Å². The zero-order valence-electron chi connectivity index (χ0n) is 18.0. The van der Waals surface area contributed by atoms with Gasteiger partial charge in [-0.2, -0.15) is 0 Å². The van der Waals surface area contributed by atoms with Crippen LogP contribution in [0.3, 0.4) is 0 Å². The Balaban J connectivity index is 1.86. The molecule has 0 unspecified atom stereocenters. The van der Waals surface area contributed by atoms with E-state index in [2.05, 4.69) is 19.2 Å². The van der Waals surface area contributed by atoms with Gasteiger partial charge in [0.1, 0.15) is 11.5 Å². The van der Waals surface area contributed by atoms with Crippen molar-refractivity contribution in [3.63, 3.8) is 0 Å². The van der Waals surface area contributed by atoms with E-state index in [0.29, 0.717) is 41.9 Å². The molecule has 2 heterocycles. The number of rotatable bonds is 8. The van der Waals surface area contributed by atoms with E-state index < -0.39 is 0 Å². The van der Waals surface area contributed by atoms with Gasteiger partial charge in [0.25, 0.3) is 5.91 Å². The summed E-state index contributed by atoms with van der Waals surface area (Å²) in [5.41, 5.74) is 0.920. The average Bonchev–Trinajstić information content (AvgIpc) is 3.42. The summed E-state index contributed by atoms with van der Waals surface area (Å²) in [5, 5.41) is 4.96. The Morgan fingerprint density at radius 3 is 2.63 bits per heavy atom. The van der Waals surface area contributed by atoms with Crippen LogP contribution in [0.5, 0.6) is 11.5 Å². The Morgan fingerprint density at radius 2 is 2.00 bits per heavy atom. The lowest BCUT2D eigenvalue weighted by Gasteiger charge is -2.21. The highest BCUT2D eigenvalue weighted by atomic mass is 32.1. The highest BCUT2D eigenvalue weighted by molar-refractivity contribution is 7.12. The minimum atomic E-state index is -0.330. The van der Waals surface area contributed by atoms with Gasteiger partial charge < -0.3 is 19.7 Å². The van der Waals surface area contributed by atoms with Crippen LogP contribution in [0, 0.1) is 11.8 Å². The average molecular weight is 431 g/mol. The number of amides is 2. The van der Waals surface area contributed by atoms with Crippen LogP contribution in [-0.2, 0) is 4.79 Å². The van der Waals surface area contributed by atoms with Crippen LogP contribution in [0.4, 0.5) is 0 Å². The predicted octanol–water partition coefficient (Wildman–Crippen LogP) is 3.78. The number of carbonyl (C=O) groups is 2. The predicted molar refractivity (Wildman–Crippen MR) is 118 cm³/mol. The number of nitrogens with zero attached hydrogens (tertiary/aromatic N) is 1. The van der Waals surface area contributed by atoms with Gasteiger partial charge in [-0.05, 0) is 29.9 Å². The summed E-state index contributed by atoms with van der Waals surface area (Å²) in [6.45, 7) is 5.77. The minimum Gasteiger partial charge on any atom is -0.497 e. The molecule has 0 radical (unpaired) electrons. The summed E-state index contributed by atoms with van der Waals surface area (Å²) in [6, 6.07) is 9.33. The molecule has 2 aromatic rings. The molecule has 30 heavy (non-hydrogen) atoms. The maximum atomic E-state index is 13.1. The quantitative estimate of drug-likeness (QED) is 0.692. The first-order chi connectivity index (χ1) is 14.4. The van der Waals surface area contributed by atoms with Crippen molar-refractivity contribution < 1.29 is 19.1 Å². The van der Waals surface area contributed by atoms with Gasteiger partial charge in [0.05, 0.1) is 25.0 Å². The fourth-order valence-corrected chi connectivity index (χ4v) is 4.54. The molecule has 1 fully saturated rings. The molecular formula is C23H30N2O4S. The number of benzene rings is 1. The molecule has 1 saturated heterocycles. The van der Waals surface area contributed by atoms with Gasteiger partial charge in [0, 0.05) is 37.2 Å². The molecule has 162 valence electrons. The van der Waals surface area contributed by atoms with Crippen molar-refractivity contribution in [1.29, 1.82) is 0 Å². The topological polar surface area (TPSA) is 67.9 Å². The van der Waals surface area contributed by atoms with E-state index in [1.54, 1.807) is 19.1 Å². The minimum absolute atomic E-state index is 0.0139. The van der Waals surface area contributed by atoms with Crippen LogP contribution < -0.4 is 14.8 Å². The fourth-order valence-electron chi connectivity index (χ4n) is 3.85. The molecule has 7 heteroatoms. The van der Waals surface area contributed by atoms with Crippen molar-refractivity contribution in [3.8, 4) is 11.5 Å². The summed E-state index contributed by atoms with van der Waals surface area (Å²) in [6.07, 6.45) is 0.923. The molecule has 0 aliphatic carbocycles. The van der Waals surface area contributed by atoms with Crippen LogP contribution >= 0.6 is 11.3 Å². The number of carbonyl (C=O) groups excluding carboxylic acids is 2. The number of hydrogen-bond acceptors (Lipinski definition) is 5. The Bertz CT molecular complexity index is 866. The van der Waals surface area contributed by atoms with Crippen molar-refractivity contribution in [2.75, 3.05) is 33.9 Å². The number of likely N-dealkylation sites (tertiary alicyclic amines) is 1. The SMILES string of the molecule is COc1ccc([C@@H]2CN(C(=O)c3cccs3)C[C@@H]2C(=O)NCCC(C)C)c(OC)c1. The number of nitrogens with one attached hydrogen (secondary N) is 1. The summed E-state index contributed by atoms with van der Waals surface area (Å²) in [4.78, 5) is 28.5. The van der Waals surface area contributed by atoms with Gasteiger partial charge in [0.2, 0.25) is 5.91 Å². The number of thiophene rings is 1. The lowest BCUT2D eigenvalue weighted by molar-refractivity contribution is -0.124. The van der Waals surface area contributed by atoms with Crippen LogP contribution in [0.25, 0.3) is 0 Å². The van der Waals surface area contributed by atoms with E-state index in [4.69, 9.17) is 9.47 Å². The largest absolute Gasteiger partial charge is 0.497 e. The second kappa shape index (κ2) is 9.98. The van der Waals surface area contributed by atoms with E-state index in [1.807, 2.05) is 35.7 Å². The van der Waals surface area contributed by atoms with Gasteiger partial charge >= 0.3 is 0 Å². The van der Waals surface area contributed by atoms with E-state index in [-0.39, 0.29) is 23.7 Å². The third-order valence-corrected chi connectivity index (χ3v) is 6.39. The zero-order valence-corrected chi connectivity index (χ0v) is 18.8. The second-order valence-corrected chi connectivity index (χ2v) is 8.93. The smallest absolute Gasteiger partial charge is 0.263 e. The highest BCUT2D eigenvalue weighted by Gasteiger charge is 2.41. The molecule has 0 saturated carbocycles. The van der Waals surface area contributed by atoms with E-state index in [0.717, 1.165) is 12.0 Å². The lowest BCUT2D eigenvalue weighted by Crippen LogP contribution is -2.36. The number of hydrogen-bond donors (Lipinski definition) is 1. The van der Waals surface area contributed by atoms with E-state index >= 15 is 0 Å². The van der Waals surface area contributed by atoms with E-state index in [1.165, 1.54) is 11.3 Å². The van der Waals surface area contributed by atoms with Gasteiger partial charge in [0.15, 0.2) is 0 Å². The zero-order chi connectivity index (χ0) is 21.7. The van der Waals surface area contributed by atoms with Crippen molar-refractivity contribution in [3.05, 3.63) is 46.2 Å². The van der Waals surface area contributed by atoms with Crippen LogP contribution in [0.15, 0.2) is 35.7 Å². The Labute approximate surface area is 182 Å². The molecular weight excluding hydrogens is 400 g/mol. The molecule has 0 bridgehead atoms. The summed E-state index contributed by atoms with van der Waals surface area (Å²) < 4.78 is 10.9. The van der Waals surface area contributed by atoms with Crippen molar-refractivity contribution >= 4 is 23.2 Å². The van der Waals surface area contributed by atoms with Crippen LogP contribution in [0.2, 0.25) is 0 Å². The molecule has 2 amide bonds. The van der Waals surface area contributed by atoms with Gasteiger partial charge in [-0.3, -0.25) is 9.59 Å². The van der Waals surface area contributed by atoms with Crippen molar-refractivity contribution in [1.82, 2.24) is 10.2 Å². The van der Waals surface area contributed by atoms with E-state index in [9.17, 15) is 9.59 Å². The summed E-state index contributed by atoms with van der Waals surface area (Å²) in [5.74, 6) is 1.36. The van der Waals surface area contributed by atoms with Gasteiger partial charge in [-0.15, -0.1) is 11.3 Å². The normalized spacial score (nSPS) is 18.5. The molecule has 1 aromatic carbocycles. The lowest BCUT2D eigenvalue weighted by atomic mass is 9.87. The first kappa shape index (κ1) is 22.2. The molecule has 2 atom stereocenters. The van der Waals surface area contributed by atoms with Crippen molar-refractivity contribution in [2.45, 2.75) is 26.2 Å². The third kappa shape index (κ3) is 4.95. The molecule has 6 nitrogen and oxygen atoms in total. The second-order valence-electron chi connectivity index (χ2n) is 7.98. The Hall–Kier alpha value is -2.54. The number of ether oxygens (including phenoxy) is 2. The first-order valence-corrected chi connectivity index (χ1v) is 11.1. The molecule has 0 spiro atoms. The molecule has 1 aliphatic rings. The van der Waals surface area contributed by atoms with Gasteiger partial charge in [-0.25, -0.2) is 0 Å². The molecule has 3 rings (SSSR count). The molecule has 1 aliphatic heterocycles. The summed E-state index contributed by atoms with van der Waals surface area (Å²) in [7, 11) is 3.22. The number of methoxy groups -OCH3 is 2. The highest BCUT2D eigenvalue weighted by Crippen LogP contribution is 2.40. The first-order valence-electron chi connectivity index (χ1n) is 10.3. The Kier molecular flexibility index (Phi) is 7.37. The monoisotopic (exact) mass is 430 g/mol. The Morgan fingerprint density at radius 1 is 1.20 bits per heavy atom. The maximum absolute atomic E-state index is 13.1. The molecule has 1 aromatic heterocycles. The van der Waals surface area contributed by atoms with Crippen LogP contribution in [-0.4, -0.2) is 50.6 Å². The maximum Gasteiger partial charge on any atom is 0.263 e. The fraction of sp³-hybridized carbons (Fsp3) is 0.478. The van der Waals surface area contributed by atoms with Crippen LogP contribution in [0.1, 0.15) is 41.4 Å².